The normalized spacial score (nSPS) is 11.5. The van der Waals surface area contributed by atoms with Crippen molar-refractivity contribution in [2.24, 2.45) is 7.05 Å². The Bertz CT molecular complexity index is 1020. The molecule has 2 aromatic heterocycles. The molecule has 9 nitrogen and oxygen atoms in total. The lowest BCUT2D eigenvalue weighted by molar-refractivity contribution is -0.116. The summed E-state index contributed by atoms with van der Waals surface area (Å²) in [5.74, 6) is 0.269. The van der Waals surface area contributed by atoms with Gasteiger partial charge in [0, 0.05) is 26.2 Å². The van der Waals surface area contributed by atoms with E-state index in [1.54, 1.807) is 29.4 Å². The van der Waals surface area contributed by atoms with E-state index >= 15 is 0 Å². The summed E-state index contributed by atoms with van der Waals surface area (Å²) in [6.07, 6.45) is 4.64. The zero-order valence-corrected chi connectivity index (χ0v) is 15.8. The first-order chi connectivity index (χ1) is 12.8. The molecule has 0 saturated heterocycles. The lowest BCUT2D eigenvalue weighted by Crippen LogP contribution is -2.28. The first kappa shape index (κ1) is 18.8. The largest absolute Gasteiger partial charge is 0.337 e. The number of para-hydroxylation sites is 1. The van der Waals surface area contributed by atoms with Crippen LogP contribution in [0.2, 0.25) is 0 Å². The number of carbonyl (C=O) groups excluding carboxylic acids is 1. The number of aryl methyl sites for hydroxylation is 2. The van der Waals surface area contributed by atoms with Gasteiger partial charge >= 0.3 is 0 Å². The number of hydrogen-bond acceptors (Lipinski definition) is 5. The van der Waals surface area contributed by atoms with Crippen molar-refractivity contribution in [1.29, 1.82) is 0 Å². The van der Waals surface area contributed by atoms with Crippen LogP contribution in [0.5, 0.6) is 0 Å². The van der Waals surface area contributed by atoms with E-state index < -0.39 is 10.0 Å². The Balaban J connectivity index is 1.52. The van der Waals surface area contributed by atoms with E-state index in [1.807, 2.05) is 30.3 Å². The van der Waals surface area contributed by atoms with Crippen LogP contribution in [0.25, 0.3) is 5.69 Å². The van der Waals surface area contributed by atoms with Crippen LogP contribution >= 0.6 is 0 Å². The van der Waals surface area contributed by atoms with Gasteiger partial charge in [0.25, 0.3) is 10.0 Å². The van der Waals surface area contributed by atoms with E-state index in [1.165, 1.54) is 12.4 Å². The van der Waals surface area contributed by atoms with E-state index in [0.29, 0.717) is 11.5 Å². The van der Waals surface area contributed by atoms with E-state index in [-0.39, 0.29) is 23.9 Å². The Hall–Kier alpha value is -2.98. The van der Waals surface area contributed by atoms with E-state index in [9.17, 15) is 13.2 Å². The van der Waals surface area contributed by atoms with Gasteiger partial charge in [-0.1, -0.05) is 18.2 Å². The topological polar surface area (TPSA) is 111 Å². The lowest BCUT2D eigenvalue weighted by atomic mass is 10.3. The van der Waals surface area contributed by atoms with Gasteiger partial charge in [-0.15, -0.1) is 0 Å². The fourth-order valence-corrected chi connectivity index (χ4v) is 3.43. The van der Waals surface area contributed by atoms with Crippen LogP contribution in [0.4, 0.5) is 5.69 Å². The Kier molecular flexibility index (Phi) is 5.38. The van der Waals surface area contributed by atoms with Crippen molar-refractivity contribution >= 4 is 21.6 Å². The molecule has 1 aromatic carbocycles. The average Bonchev–Trinajstić information content (AvgIpc) is 3.23. The van der Waals surface area contributed by atoms with Gasteiger partial charge in [0.2, 0.25) is 5.91 Å². The minimum Gasteiger partial charge on any atom is -0.337 e. The van der Waals surface area contributed by atoms with Gasteiger partial charge in [-0.05, 0) is 19.1 Å². The summed E-state index contributed by atoms with van der Waals surface area (Å²) >= 11 is 0. The number of amides is 1. The smallest absolute Gasteiger partial charge is 0.259 e. The second-order valence-corrected chi connectivity index (χ2v) is 7.66. The Labute approximate surface area is 157 Å². The Morgan fingerprint density at radius 1 is 1.19 bits per heavy atom. The fraction of sp³-hybridized carbons (Fsp3) is 0.235. The third-order valence-corrected chi connectivity index (χ3v) is 5.22. The minimum absolute atomic E-state index is 0.0123. The first-order valence-electron chi connectivity index (χ1n) is 8.25. The number of aromatic nitrogens is 4. The monoisotopic (exact) mass is 388 g/mol. The highest BCUT2D eigenvalue weighted by Gasteiger charge is 2.18. The van der Waals surface area contributed by atoms with Crippen molar-refractivity contribution in [3.05, 3.63) is 54.7 Å². The van der Waals surface area contributed by atoms with Crippen molar-refractivity contribution < 1.29 is 13.2 Å². The Morgan fingerprint density at radius 3 is 2.59 bits per heavy atom. The Morgan fingerprint density at radius 2 is 1.93 bits per heavy atom. The molecule has 0 radical (unpaired) electrons. The predicted molar refractivity (Wildman–Crippen MR) is 99.9 cm³/mol. The van der Waals surface area contributed by atoms with Crippen LogP contribution in [0.15, 0.2) is 53.9 Å². The first-order valence-corrected chi connectivity index (χ1v) is 9.73. The van der Waals surface area contributed by atoms with Crippen molar-refractivity contribution in [3.63, 3.8) is 0 Å². The third kappa shape index (κ3) is 4.60. The highest BCUT2D eigenvalue weighted by Crippen LogP contribution is 2.11. The summed E-state index contributed by atoms with van der Waals surface area (Å²) in [7, 11) is -2.03. The average molecular weight is 388 g/mol. The molecule has 0 spiro atoms. The molecule has 0 fully saturated rings. The summed E-state index contributed by atoms with van der Waals surface area (Å²) < 4.78 is 30.0. The molecule has 3 aromatic rings. The van der Waals surface area contributed by atoms with Gasteiger partial charge in [-0.2, -0.15) is 5.10 Å². The lowest BCUT2D eigenvalue weighted by Gasteiger charge is -2.05. The quantitative estimate of drug-likeness (QED) is 0.632. The number of carbonyl (C=O) groups is 1. The second-order valence-electron chi connectivity index (χ2n) is 5.94. The third-order valence-electron chi connectivity index (χ3n) is 3.89. The molecule has 142 valence electrons. The molecule has 0 aliphatic rings. The highest BCUT2D eigenvalue weighted by molar-refractivity contribution is 7.89. The summed E-state index contributed by atoms with van der Waals surface area (Å²) in [5, 5.41) is 6.82. The molecule has 3 rings (SSSR count). The van der Waals surface area contributed by atoms with Crippen LogP contribution < -0.4 is 10.0 Å². The molecule has 0 saturated carbocycles. The number of imidazole rings is 1. The number of anilines is 1. The molecule has 0 aliphatic carbocycles. The van der Waals surface area contributed by atoms with Crippen LogP contribution in [0, 0.1) is 6.92 Å². The fourth-order valence-electron chi connectivity index (χ4n) is 2.36. The van der Waals surface area contributed by atoms with E-state index in [4.69, 9.17) is 0 Å². The minimum atomic E-state index is -3.74. The van der Waals surface area contributed by atoms with Gasteiger partial charge in [-0.3, -0.25) is 4.79 Å². The van der Waals surface area contributed by atoms with Crippen LogP contribution in [-0.2, 0) is 21.9 Å². The molecule has 10 heteroatoms. The van der Waals surface area contributed by atoms with Crippen molar-refractivity contribution in [2.75, 3.05) is 11.9 Å². The van der Waals surface area contributed by atoms with E-state index in [2.05, 4.69) is 20.1 Å². The number of nitrogens with one attached hydrogen (secondary N) is 2. The molecule has 2 heterocycles. The predicted octanol–water partition coefficient (Wildman–Crippen LogP) is 1.22. The van der Waals surface area contributed by atoms with Gasteiger partial charge < -0.3 is 9.88 Å². The number of rotatable bonds is 7. The van der Waals surface area contributed by atoms with Crippen molar-refractivity contribution in [1.82, 2.24) is 24.1 Å². The molecule has 27 heavy (non-hydrogen) atoms. The second kappa shape index (κ2) is 7.72. The molecule has 0 aliphatic heterocycles. The zero-order chi connectivity index (χ0) is 19.4. The van der Waals surface area contributed by atoms with Crippen LogP contribution in [-0.4, -0.2) is 40.2 Å². The molecule has 0 bridgehead atoms. The van der Waals surface area contributed by atoms with Gasteiger partial charge in [0.1, 0.15) is 5.82 Å². The highest BCUT2D eigenvalue weighted by atomic mass is 32.2. The maximum Gasteiger partial charge on any atom is 0.259 e. The van der Waals surface area contributed by atoms with Crippen LogP contribution in [0.1, 0.15) is 12.2 Å². The number of nitrogens with zero attached hydrogens (tertiary/aromatic N) is 4. The SMILES string of the molecule is Cc1nc(S(=O)(=O)NCCC(=O)Nc2cnn(-c3ccccc3)c2)cn1C. The summed E-state index contributed by atoms with van der Waals surface area (Å²) in [4.78, 5) is 16.0. The molecule has 2 N–H and O–H groups in total. The van der Waals surface area contributed by atoms with Gasteiger partial charge in [0.05, 0.1) is 23.8 Å². The van der Waals surface area contributed by atoms with Gasteiger partial charge in [0.15, 0.2) is 5.03 Å². The molecule has 0 atom stereocenters. The van der Waals surface area contributed by atoms with E-state index in [0.717, 1.165) is 5.69 Å². The summed E-state index contributed by atoms with van der Waals surface area (Å²) in [6.45, 7) is 1.68. The molecule has 1 amide bonds. The molecular formula is C17H20N6O3S. The van der Waals surface area contributed by atoms with Crippen molar-refractivity contribution in [2.45, 2.75) is 18.4 Å². The number of benzene rings is 1. The maximum absolute atomic E-state index is 12.2. The zero-order valence-electron chi connectivity index (χ0n) is 15.0. The molecular weight excluding hydrogens is 368 g/mol. The van der Waals surface area contributed by atoms with Crippen molar-refractivity contribution in [3.8, 4) is 5.69 Å². The number of hydrogen-bond donors (Lipinski definition) is 2. The maximum atomic E-state index is 12.2. The van der Waals surface area contributed by atoms with Crippen LogP contribution in [0.3, 0.4) is 0 Å². The summed E-state index contributed by atoms with van der Waals surface area (Å²) in [6, 6.07) is 9.48. The standard InChI is InChI=1S/C17H20N6O3S/c1-13-20-17(12-22(13)2)27(25,26)19-9-8-16(24)21-14-10-18-23(11-14)15-6-4-3-5-7-15/h3-7,10-12,19H,8-9H2,1-2H3,(H,21,24). The molecule has 0 unspecified atom stereocenters. The number of sulfonamides is 1. The summed E-state index contributed by atoms with van der Waals surface area (Å²) in [5.41, 5.74) is 1.41. The van der Waals surface area contributed by atoms with Gasteiger partial charge in [-0.25, -0.2) is 22.8 Å².